The van der Waals surface area contributed by atoms with Crippen LogP contribution in [-0.4, -0.2) is 46.1 Å². The predicted molar refractivity (Wildman–Crippen MR) is 93.9 cm³/mol. The number of fused-ring (bicyclic) bond motifs is 2. The summed E-state index contributed by atoms with van der Waals surface area (Å²) < 4.78 is 11.3. The van der Waals surface area contributed by atoms with Gasteiger partial charge in [0.25, 0.3) is 0 Å². The van der Waals surface area contributed by atoms with Gasteiger partial charge in [0.1, 0.15) is 12.2 Å². The molecule has 2 aliphatic carbocycles. The first kappa shape index (κ1) is 19.1. The van der Waals surface area contributed by atoms with Gasteiger partial charge in [0.15, 0.2) is 0 Å². The van der Waals surface area contributed by atoms with Crippen molar-refractivity contribution >= 4 is 11.9 Å². The first-order valence-corrected chi connectivity index (χ1v) is 9.17. The third-order valence-electron chi connectivity index (χ3n) is 6.71. The molecule has 2 N–H and O–H groups in total. The first-order chi connectivity index (χ1) is 12.0. The maximum absolute atomic E-state index is 12.5. The number of hydrogen-bond acceptors (Lipinski definition) is 6. The Morgan fingerprint density at radius 1 is 1.42 bits per heavy atom. The van der Waals surface area contributed by atoms with E-state index < -0.39 is 53.1 Å². The van der Waals surface area contributed by atoms with Crippen molar-refractivity contribution < 1.29 is 29.3 Å². The lowest BCUT2D eigenvalue weighted by atomic mass is 9.50. The molecule has 7 atom stereocenters. The van der Waals surface area contributed by atoms with E-state index >= 15 is 0 Å². The summed E-state index contributed by atoms with van der Waals surface area (Å²) in [5.74, 6) is -2.03. The van der Waals surface area contributed by atoms with E-state index in [1.54, 1.807) is 26.8 Å². The molecule has 1 heterocycles. The molecule has 0 amide bonds. The molecule has 1 saturated heterocycles. The van der Waals surface area contributed by atoms with Crippen LogP contribution in [0.15, 0.2) is 23.8 Å². The van der Waals surface area contributed by atoms with E-state index in [4.69, 9.17) is 9.47 Å². The van der Waals surface area contributed by atoms with Crippen molar-refractivity contribution in [2.75, 3.05) is 0 Å². The zero-order valence-electron chi connectivity index (χ0n) is 15.8. The summed E-state index contributed by atoms with van der Waals surface area (Å²) in [4.78, 5) is 24.6. The van der Waals surface area contributed by atoms with Crippen molar-refractivity contribution in [3.63, 3.8) is 0 Å². The number of aliphatic hydroxyl groups is 2. The van der Waals surface area contributed by atoms with Crippen molar-refractivity contribution in [1.29, 1.82) is 0 Å². The van der Waals surface area contributed by atoms with Gasteiger partial charge < -0.3 is 19.7 Å². The van der Waals surface area contributed by atoms with Crippen LogP contribution in [-0.2, 0) is 19.1 Å². The minimum absolute atomic E-state index is 0.267. The predicted octanol–water partition coefficient (Wildman–Crippen LogP) is 1.89. The van der Waals surface area contributed by atoms with Crippen LogP contribution in [0.5, 0.6) is 0 Å². The molecular weight excluding hydrogens is 336 g/mol. The molecule has 6 heteroatoms. The topological polar surface area (TPSA) is 93.1 Å². The molecule has 144 valence electrons. The van der Waals surface area contributed by atoms with Crippen molar-refractivity contribution in [2.45, 2.75) is 70.9 Å². The van der Waals surface area contributed by atoms with Crippen LogP contribution in [0.4, 0.5) is 0 Å². The molecule has 3 aliphatic rings. The van der Waals surface area contributed by atoms with Gasteiger partial charge in [-0.2, -0.15) is 0 Å². The van der Waals surface area contributed by atoms with Gasteiger partial charge in [0.2, 0.25) is 0 Å². The van der Waals surface area contributed by atoms with Gasteiger partial charge in [-0.15, -0.1) is 0 Å². The Balaban J connectivity index is 2.08. The van der Waals surface area contributed by atoms with Gasteiger partial charge >= 0.3 is 11.9 Å². The molecule has 26 heavy (non-hydrogen) atoms. The van der Waals surface area contributed by atoms with Crippen LogP contribution in [0.1, 0.15) is 47.0 Å². The molecule has 6 nitrogen and oxygen atoms in total. The Bertz CT molecular complexity index is 678. The number of carbonyl (C=O) groups excluding carboxylic acids is 2. The highest BCUT2D eigenvalue weighted by Gasteiger charge is 2.66. The minimum atomic E-state index is -1.14. The quantitative estimate of drug-likeness (QED) is 0.574. The lowest BCUT2D eigenvalue weighted by Crippen LogP contribution is -2.65. The number of rotatable bonds is 2. The lowest BCUT2D eigenvalue weighted by molar-refractivity contribution is -0.234. The van der Waals surface area contributed by atoms with Crippen molar-refractivity contribution in [3.8, 4) is 0 Å². The molecule has 0 aromatic carbocycles. The average Bonchev–Trinajstić information content (AvgIpc) is 2.84. The highest BCUT2D eigenvalue weighted by Crippen LogP contribution is 2.59. The van der Waals surface area contributed by atoms with Crippen LogP contribution >= 0.6 is 0 Å². The number of aliphatic hydroxyl groups excluding tert-OH is 1. The van der Waals surface area contributed by atoms with E-state index in [2.05, 4.69) is 6.58 Å². The Labute approximate surface area is 153 Å². The molecular formula is C20H28O6. The summed E-state index contributed by atoms with van der Waals surface area (Å²) in [6.07, 6.45) is 0.922. The molecule has 0 aromatic rings. The SMILES string of the molecule is C=C1C(=O)O[C@H]2CC3(C)C(O)CCC(C)(O)C3[C@@H](OC(=O)C(C)=CC)C12. The molecule has 2 saturated carbocycles. The van der Waals surface area contributed by atoms with Crippen LogP contribution in [0.3, 0.4) is 0 Å². The Kier molecular flexibility index (Phi) is 4.56. The fourth-order valence-corrected chi connectivity index (χ4v) is 5.17. The highest BCUT2D eigenvalue weighted by molar-refractivity contribution is 5.91. The normalized spacial score (nSPS) is 45.6. The smallest absolute Gasteiger partial charge is 0.334 e. The fraction of sp³-hybridized carbons (Fsp3) is 0.700. The molecule has 3 rings (SSSR count). The van der Waals surface area contributed by atoms with E-state index in [0.29, 0.717) is 24.8 Å². The van der Waals surface area contributed by atoms with Crippen LogP contribution in [0.2, 0.25) is 0 Å². The number of hydrogen-bond donors (Lipinski definition) is 2. The Morgan fingerprint density at radius 3 is 2.69 bits per heavy atom. The number of carbonyl (C=O) groups is 2. The van der Waals surface area contributed by atoms with Gasteiger partial charge in [0.05, 0.1) is 17.6 Å². The van der Waals surface area contributed by atoms with E-state index in [9.17, 15) is 19.8 Å². The average molecular weight is 364 g/mol. The second kappa shape index (κ2) is 6.20. The lowest BCUT2D eigenvalue weighted by Gasteiger charge is -2.59. The summed E-state index contributed by atoms with van der Waals surface area (Å²) in [6.45, 7) is 10.8. The van der Waals surface area contributed by atoms with E-state index in [-0.39, 0.29) is 5.57 Å². The van der Waals surface area contributed by atoms with E-state index in [1.165, 1.54) is 0 Å². The highest BCUT2D eigenvalue weighted by atomic mass is 16.6. The molecule has 3 fully saturated rings. The minimum Gasteiger partial charge on any atom is -0.458 e. The van der Waals surface area contributed by atoms with Crippen LogP contribution in [0.25, 0.3) is 0 Å². The molecule has 5 unspecified atom stereocenters. The van der Waals surface area contributed by atoms with Gasteiger partial charge in [-0.1, -0.05) is 19.6 Å². The fourth-order valence-electron chi connectivity index (χ4n) is 5.17. The number of ether oxygens (including phenoxy) is 2. The molecule has 0 spiro atoms. The number of allylic oxidation sites excluding steroid dienone is 1. The van der Waals surface area contributed by atoms with E-state index in [0.717, 1.165) is 0 Å². The molecule has 0 radical (unpaired) electrons. The summed E-state index contributed by atoms with van der Waals surface area (Å²) in [7, 11) is 0. The van der Waals surface area contributed by atoms with E-state index in [1.807, 2.05) is 6.92 Å². The summed E-state index contributed by atoms with van der Waals surface area (Å²) >= 11 is 0. The summed E-state index contributed by atoms with van der Waals surface area (Å²) in [5.41, 5.74) is -1.16. The zero-order chi connectivity index (χ0) is 19.4. The van der Waals surface area contributed by atoms with Crippen LogP contribution < -0.4 is 0 Å². The zero-order valence-corrected chi connectivity index (χ0v) is 15.8. The molecule has 1 aliphatic heterocycles. The van der Waals surface area contributed by atoms with Gasteiger partial charge in [0, 0.05) is 22.5 Å². The molecule has 0 aromatic heterocycles. The van der Waals surface area contributed by atoms with Crippen molar-refractivity contribution in [1.82, 2.24) is 0 Å². The second-order valence-corrected chi connectivity index (χ2v) is 8.44. The van der Waals surface area contributed by atoms with Crippen LogP contribution in [0, 0.1) is 17.3 Å². The number of esters is 2. The van der Waals surface area contributed by atoms with Gasteiger partial charge in [-0.3, -0.25) is 0 Å². The van der Waals surface area contributed by atoms with Gasteiger partial charge in [-0.25, -0.2) is 9.59 Å². The second-order valence-electron chi connectivity index (χ2n) is 8.44. The standard InChI is InChI=1S/C20H28O6/c1-6-10(2)17(22)26-15-14-11(3)18(23)25-12(14)9-19(4)13(21)7-8-20(5,24)16(15)19/h6,12-16,21,24H,3,7-9H2,1-2,4-5H3/t12-,13?,14?,15-,16?,19?,20?/m0/s1. The largest absolute Gasteiger partial charge is 0.458 e. The summed E-state index contributed by atoms with van der Waals surface area (Å²) in [5, 5.41) is 21.9. The Hall–Kier alpha value is -1.66. The third kappa shape index (κ3) is 2.70. The molecule has 0 bridgehead atoms. The van der Waals surface area contributed by atoms with Crippen molar-refractivity contribution in [3.05, 3.63) is 23.8 Å². The first-order valence-electron chi connectivity index (χ1n) is 9.17. The van der Waals surface area contributed by atoms with Crippen molar-refractivity contribution in [2.24, 2.45) is 17.3 Å². The third-order valence-corrected chi connectivity index (χ3v) is 6.71. The maximum atomic E-state index is 12.5. The maximum Gasteiger partial charge on any atom is 0.334 e. The Morgan fingerprint density at radius 2 is 2.08 bits per heavy atom. The van der Waals surface area contributed by atoms with Gasteiger partial charge in [-0.05, 0) is 40.0 Å². The summed E-state index contributed by atoms with van der Waals surface area (Å²) in [6, 6.07) is 0. The monoisotopic (exact) mass is 364 g/mol.